The number of hydrogen-bond acceptors (Lipinski definition) is 7. The van der Waals surface area contributed by atoms with Gasteiger partial charge in [-0.2, -0.15) is 0 Å². The Hall–Kier alpha value is -3.26. The highest BCUT2D eigenvalue weighted by atomic mass is 79.9. The second-order valence-electron chi connectivity index (χ2n) is 9.70. The number of phenolic OH excluding ortho intramolecular Hbond substituents is 1. The number of Topliss-reactive ketones (excluding diaryl/α,β-unsaturated/α-hetero) is 1. The summed E-state index contributed by atoms with van der Waals surface area (Å²) in [6.07, 6.45) is 1.33. The van der Waals surface area contributed by atoms with Gasteiger partial charge in [0.05, 0.1) is 29.9 Å². The first-order valence-corrected chi connectivity index (χ1v) is 13.7. The SMILES string of the molecule is CCOc1cc(C2C(C(=O)OC(C)CC)=C(C)NC3=C2C(=O)CC(c2ccc(OC)cc2)C3)cc(Br)c1O. The molecule has 0 saturated heterocycles. The Labute approximate surface area is 232 Å². The molecule has 3 unspecified atom stereocenters. The number of nitrogens with one attached hydrogen (secondary N) is 1. The van der Waals surface area contributed by atoms with Crippen LogP contribution in [0.4, 0.5) is 0 Å². The van der Waals surface area contributed by atoms with Gasteiger partial charge in [-0.25, -0.2) is 4.79 Å². The molecule has 8 heteroatoms. The van der Waals surface area contributed by atoms with E-state index in [9.17, 15) is 14.7 Å². The van der Waals surface area contributed by atoms with Crippen molar-refractivity contribution in [1.82, 2.24) is 5.32 Å². The van der Waals surface area contributed by atoms with Gasteiger partial charge in [0.15, 0.2) is 17.3 Å². The van der Waals surface area contributed by atoms with Gasteiger partial charge in [0.2, 0.25) is 0 Å². The number of ether oxygens (including phenoxy) is 3. The molecule has 0 fully saturated rings. The summed E-state index contributed by atoms with van der Waals surface area (Å²) >= 11 is 3.42. The van der Waals surface area contributed by atoms with E-state index in [4.69, 9.17) is 14.2 Å². The molecule has 38 heavy (non-hydrogen) atoms. The fourth-order valence-corrected chi connectivity index (χ4v) is 5.57. The highest BCUT2D eigenvalue weighted by Gasteiger charge is 2.42. The molecule has 1 heterocycles. The number of rotatable bonds is 8. The molecule has 3 atom stereocenters. The molecule has 7 nitrogen and oxygen atoms in total. The third-order valence-electron chi connectivity index (χ3n) is 7.20. The first-order chi connectivity index (χ1) is 18.2. The Bertz CT molecular complexity index is 1300. The van der Waals surface area contributed by atoms with Gasteiger partial charge in [-0.05, 0) is 90.9 Å². The molecular formula is C30H34BrNO6. The number of esters is 1. The first kappa shape index (κ1) is 27.8. The predicted molar refractivity (Wildman–Crippen MR) is 148 cm³/mol. The number of dihydropyridines is 1. The smallest absolute Gasteiger partial charge is 0.337 e. The molecule has 0 amide bonds. The van der Waals surface area contributed by atoms with Crippen LogP contribution in [0.15, 0.2) is 63.4 Å². The summed E-state index contributed by atoms with van der Waals surface area (Å²) in [5.74, 6) is -0.156. The summed E-state index contributed by atoms with van der Waals surface area (Å²) in [7, 11) is 1.62. The summed E-state index contributed by atoms with van der Waals surface area (Å²) in [4.78, 5) is 27.3. The zero-order valence-corrected chi connectivity index (χ0v) is 24.0. The van der Waals surface area contributed by atoms with Crippen molar-refractivity contribution in [3.8, 4) is 17.2 Å². The summed E-state index contributed by atoms with van der Waals surface area (Å²) < 4.78 is 17.1. The average Bonchev–Trinajstić information content (AvgIpc) is 2.90. The van der Waals surface area contributed by atoms with Crippen LogP contribution in [0.3, 0.4) is 0 Å². The van der Waals surface area contributed by atoms with E-state index in [0.717, 1.165) is 17.0 Å². The van der Waals surface area contributed by atoms with Gasteiger partial charge in [0.1, 0.15) is 5.75 Å². The molecule has 0 saturated carbocycles. The third-order valence-corrected chi connectivity index (χ3v) is 7.81. The molecule has 2 aromatic carbocycles. The van der Waals surface area contributed by atoms with Crippen molar-refractivity contribution in [2.75, 3.05) is 13.7 Å². The number of carbonyl (C=O) groups is 2. The molecule has 0 bridgehead atoms. The second-order valence-corrected chi connectivity index (χ2v) is 10.6. The van der Waals surface area contributed by atoms with Gasteiger partial charge in [0, 0.05) is 29.3 Å². The Morgan fingerprint density at radius 3 is 2.50 bits per heavy atom. The summed E-state index contributed by atoms with van der Waals surface area (Å²) in [6, 6.07) is 11.2. The molecule has 1 aliphatic carbocycles. The molecule has 202 valence electrons. The van der Waals surface area contributed by atoms with E-state index in [1.54, 1.807) is 19.2 Å². The van der Waals surface area contributed by atoms with E-state index in [1.807, 2.05) is 52.0 Å². The van der Waals surface area contributed by atoms with Crippen molar-refractivity contribution >= 4 is 27.7 Å². The lowest BCUT2D eigenvalue weighted by molar-refractivity contribution is -0.144. The average molecular weight is 585 g/mol. The quantitative estimate of drug-likeness (QED) is 0.354. The fraction of sp³-hybridized carbons (Fsp3) is 0.400. The molecular weight excluding hydrogens is 550 g/mol. The highest BCUT2D eigenvalue weighted by molar-refractivity contribution is 9.10. The number of benzene rings is 2. The summed E-state index contributed by atoms with van der Waals surface area (Å²) in [5.41, 5.74) is 4.11. The lowest BCUT2D eigenvalue weighted by Crippen LogP contribution is -2.36. The van der Waals surface area contributed by atoms with E-state index >= 15 is 0 Å². The van der Waals surface area contributed by atoms with E-state index in [2.05, 4.69) is 21.2 Å². The molecule has 4 rings (SSSR count). The Morgan fingerprint density at radius 2 is 1.87 bits per heavy atom. The zero-order valence-electron chi connectivity index (χ0n) is 22.4. The lowest BCUT2D eigenvalue weighted by Gasteiger charge is -2.37. The van der Waals surface area contributed by atoms with Gasteiger partial charge in [-0.15, -0.1) is 0 Å². The normalized spacial score (nSPS) is 20.0. The van der Waals surface area contributed by atoms with Crippen molar-refractivity contribution in [1.29, 1.82) is 0 Å². The number of aromatic hydroxyl groups is 1. The van der Waals surface area contributed by atoms with E-state index in [1.165, 1.54) is 0 Å². The standard InChI is InChI=1S/C30H34BrNO6/c1-6-16(3)38-30(35)26-17(4)32-23-13-19(18-8-10-21(36-5)11-9-18)14-24(33)28(23)27(26)20-12-22(31)29(34)25(15-20)37-7-2/h8-12,15-16,19,27,32,34H,6-7,13-14H2,1-5H3. The highest BCUT2D eigenvalue weighted by Crippen LogP contribution is 2.48. The molecule has 1 aliphatic heterocycles. The molecule has 2 aliphatic rings. The van der Waals surface area contributed by atoms with E-state index in [-0.39, 0.29) is 29.3 Å². The minimum absolute atomic E-state index is 0.00717. The van der Waals surface area contributed by atoms with Crippen LogP contribution in [0.25, 0.3) is 0 Å². The third kappa shape index (κ3) is 5.46. The number of allylic oxidation sites excluding steroid dienone is 3. The van der Waals surface area contributed by atoms with Gasteiger partial charge >= 0.3 is 5.97 Å². The minimum Gasteiger partial charge on any atom is -0.503 e. The van der Waals surface area contributed by atoms with Crippen LogP contribution in [-0.4, -0.2) is 36.7 Å². The van der Waals surface area contributed by atoms with Crippen molar-refractivity contribution in [3.63, 3.8) is 0 Å². The monoisotopic (exact) mass is 583 g/mol. The molecule has 2 aromatic rings. The van der Waals surface area contributed by atoms with E-state index < -0.39 is 11.9 Å². The van der Waals surface area contributed by atoms with Crippen molar-refractivity contribution in [2.45, 2.75) is 64.9 Å². The van der Waals surface area contributed by atoms with Crippen LogP contribution in [0.1, 0.15) is 69.9 Å². The van der Waals surface area contributed by atoms with E-state index in [0.29, 0.717) is 52.7 Å². The van der Waals surface area contributed by atoms with Gasteiger partial charge < -0.3 is 24.6 Å². The number of phenols is 1. The van der Waals surface area contributed by atoms with Crippen LogP contribution in [0.5, 0.6) is 17.2 Å². The fourth-order valence-electron chi connectivity index (χ4n) is 5.11. The second kappa shape index (κ2) is 11.6. The number of ketones is 1. The molecule has 0 spiro atoms. The maximum atomic E-state index is 13.8. The topological polar surface area (TPSA) is 94.1 Å². The number of carbonyl (C=O) groups excluding carboxylic acids is 2. The summed E-state index contributed by atoms with van der Waals surface area (Å²) in [6.45, 7) is 7.81. The van der Waals surface area contributed by atoms with Crippen molar-refractivity contribution in [2.24, 2.45) is 0 Å². The van der Waals surface area contributed by atoms with Crippen LogP contribution in [0.2, 0.25) is 0 Å². The maximum absolute atomic E-state index is 13.8. The molecule has 2 N–H and O–H groups in total. The maximum Gasteiger partial charge on any atom is 0.337 e. The van der Waals surface area contributed by atoms with Gasteiger partial charge in [-0.3, -0.25) is 4.79 Å². The number of hydrogen-bond donors (Lipinski definition) is 2. The predicted octanol–water partition coefficient (Wildman–Crippen LogP) is 6.27. The lowest BCUT2D eigenvalue weighted by atomic mass is 9.71. The van der Waals surface area contributed by atoms with Crippen LogP contribution in [0, 0.1) is 0 Å². The zero-order chi connectivity index (χ0) is 27.6. The van der Waals surface area contributed by atoms with Crippen molar-refractivity contribution in [3.05, 3.63) is 74.5 Å². The Kier molecular flexibility index (Phi) is 8.51. The summed E-state index contributed by atoms with van der Waals surface area (Å²) in [5, 5.41) is 13.9. The first-order valence-electron chi connectivity index (χ1n) is 12.9. The van der Waals surface area contributed by atoms with Crippen molar-refractivity contribution < 1.29 is 28.9 Å². The van der Waals surface area contributed by atoms with Gasteiger partial charge in [-0.1, -0.05) is 19.1 Å². The number of methoxy groups -OCH3 is 1. The minimum atomic E-state index is -0.664. The number of halogens is 1. The van der Waals surface area contributed by atoms with Crippen LogP contribution in [-0.2, 0) is 14.3 Å². The Balaban J connectivity index is 1.82. The van der Waals surface area contributed by atoms with Crippen LogP contribution < -0.4 is 14.8 Å². The van der Waals surface area contributed by atoms with Gasteiger partial charge in [0.25, 0.3) is 0 Å². The molecule has 0 radical (unpaired) electrons. The largest absolute Gasteiger partial charge is 0.503 e. The molecule has 0 aromatic heterocycles. The van der Waals surface area contributed by atoms with Crippen LogP contribution >= 0.6 is 15.9 Å². The Morgan fingerprint density at radius 1 is 1.16 bits per heavy atom.